The van der Waals surface area contributed by atoms with Gasteiger partial charge in [0.05, 0.1) is 13.7 Å². The summed E-state index contributed by atoms with van der Waals surface area (Å²) in [5, 5.41) is 0. The van der Waals surface area contributed by atoms with Gasteiger partial charge in [-0.1, -0.05) is 24.3 Å². The van der Waals surface area contributed by atoms with Gasteiger partial charge >= 0.3 is 0 Å². The van der Waals surface area contributed by atoms with Crippen LogP contribution < -0.4 is 14.4 Å². The molecule has 0 N–H and O–H groups in total. The van der Waals surface area contributed by atoms with E-state index in [9.17, 15) is 4.79 Å². The van der Waals surface area contributed by atoms with Crippen LogP contribution in [0.4, 0.5) is 5.69 Å². The molecule has 0 saturated carbocycles. The Bertz CT molecular complexity index is 857. The molecule has 1 aliphatic rings. The van der Waals surface area contributed by atoms with Crippen molar-refractivity contribution in [3.8, 4) is 11.5 Å². The standard InChI is InChI=1S/C24H30N2O3/c1-4-29-22-13-11-19(17-23(22)28-3)12-14-24(27)25(2)18-20-9-5-6-10-21(20)26-15-7-8-16-26/h5-6,9-14,17H,4,7-8,15-16,18H2,1-3H3/b14-12+. The van der Waals surface area contributed by atoms with Gasteiger partial charge in [0.15, 0.2) is 11.5 Å². The van der Waals surface area contributed by atoms with E-state index in [0.717, 1.165) is 18.7 Å². The molecule has 29 heavy (non-hydrogen) atoms. The molecule has 1 heterocycles. The fourth-order valence-electron chi connectivity index (χ4n) is 3.60. The third-order valence-electron chi connectivity index (χ3n) is 5.13. The maximum atomic E-state index is 12.6. The number of ether oxygens (including phenoxy) is 2. The third-order valence-corrected chi connectivity index (χ3v) is 5.13. The number of hydrogen-bond acceptors (Lipinski definition) is 4. The number of anilines is 1. The van der Waals surface area contributed by atoms with E-state index >= 15 is 0 Å². The fraction of sp³-hybridized carbons (Fsp3) is 0.375. The molecule has 5 heteroatoms. The molecule has 0 unspecified atom stereocenters. The Labute approximate surface area is 173 Å². The number of carbonyl (C=O) groups is 1. The zero-order valence-corrected chi connectivity index (χ0v) is 17.6. The van der Waals surface area contributed by atoms with Gasteiger partial charge in [-0.3, -0.25) is 4.79 Å². The van der Waals surface area contributed by atoms with E-state index in [1.807, 2.05) is 44.3 Å². The van der Waals surface area contributed by atoms with Gasteiger partial charge in [0.2, 0.25) is 5.91 Å². The third kappa shape index (κ3) is 5.31. The molecule has 2 aromatic rings. The lowest BCUT2D eigenvalue weighted by Crippen LogP contribution is -2.26. The smallest absolute Gasteiger partial charge is 0.246 e. The predicted octanol–water partition coefficient (Wildman–Crippen LogP) is 4.37. The first kappa shape index (κ1) is 20.8. The maximum Gasteiger partial charge on any atom is 0.246 e. The van der Waals surface area contributed by atoms with E-state index in [2.05, 4.69) is 23.1 Å². The van der Waals surface area contributed by atoms with Crippen molar-refractivity contribution in [2.24, 2.45) is 0 Å². The van der Waals surface area contributed by atoms with Gasteiger partial charge < -0.3 is 19.3 Å². The molecule has 0 atom stereocenters. The fourth-order valence-corrected chi connectivity index (χ4v) is 3.60. The summed E-state index contributed by atoms with van der Waals surface area (Å²) >= 11 is 0. The SMILES string of the molecule is CCOc1ccc(/C=C/C(=O)N(C)Cc2ccccc2N2CCCC2)cc1OC. The average molecular weight is 395 g/mol. The molecule has 1 saturated heterocycles. The maximum absolute atomic E-state index is 12.6. The van der Waals surface area contributed by atoms with Gasteiger partial charge in [0.25, 0.3) is 0 Å². The van der Waals surface area contributed by atoms with E-state index in [0.29, 0.717) is 24.7 Å². The van der Waals surface area contributed by atoms with Crippen LogP contribution in [-0.2, 0) is 11.3 Å². The molecule has 3 rings (SSSR count). The van der Waals surface area contributed by atoms with Crippen LogP contribution in [0, 0.1) is 0 Å². The van der Waals surface area contributed by atoms with Crippen LogP contribution in [0.1, 0.15) is 30.9 Å². The highest BCUT2D eigenvalue weighted by Gasteiger charge is 2.17. The lowest BCUT2D eigenvalue weighted by molar-refractivity contribution is -0.125. The van der Waals surface area contributed by atoms with Crippen LogP contribution in [0.3, 0.4) is 0 Å². The van der Waals surface area contributed by atoms with Gasteiger partial charge in [-0.05, 0) is 55.2 Å². The molecule has 0 spiro atoms. The Morgan fingerprint density at radius 2 is 1.90 bits per heavy atom. The number of likely N-dealkylation sites (N-methyl/N-ethyl adjacent to an activating group) is 1. The van der Waals surface area contributed by atoms with Crippen molar-refractivity contribution >= 4 is 17.7 Å². The molecular formula is C24H30N2O3. The molecular weight excluding hydrogens is 364 g/mol. The average Bonchev–Trinajstić information content (AvgIpc) is 3.28. The zero-order chi connectivity index (χ0) is 20.6. The number of benzene rings is 2. The van der Waals surface area contributed by atoms with E-state index in [-0.39, 0.29) is 5.91 Å². The van der Waals surface area contributed by atoms with Gasteiger partial charge in [-0.25, -0.2) is 0 Å². The number of amides is 1. The van der Waals surface area contributed by atoms with Crippen molar-refractivity contribution < 1.29 is 14.3 Å². The second-order valence-electron chi connectivity index (χ2n) is 7.19. The predicted molar refractivity (Wildman–Crippen MR) is 118 cm³/mol. The summed E-state index contributed by atoms with van der Waals surface area (Å²) < 4.78 is 10.9. The minimum absolute atomic E-state index is 0.0333. The molecule has 154 valence electrons. The molecule has 2 aromatic carbocycles. The largest absolute Gasteiger partial charge is 0.493 e. The Kier molecular flexibility index (Phi) is 7.17. The minimum Gasteiger partial charge on any atom is -0.493 e. The molecule has 0 radical (unpaired) electrons. The Morgan fingerprint density at radius 3 is 2.62 bits per heavy atom. The second kappa shape index (κ2) is 10.0. The highest BCUT2D eigenvalue weighted by Crippen LogP contribution is 2.29. The van der Waals surface area contributed by atoms with Gasteiger partial charge in [-0.15, -0.1) is 0 Å². The molecule has 1 fully saturated rings. The van der Waals surface area contributed by atoms with Crippen molar-refractivity contribution in [3.05, 3.63) is 59.7 Å². The Hall–Kier alpha value is -2.95. The first-order valence-corrected chi connectivity index (χ1v) is 10.2. The van der Waals surface area contributed by atoms with E-state index in [4.69, 9.17) is 9.47 Å². The topological polar surface area (TPSA) is 42.0 Å². The van der Waals surface area contributed by atoms with Crippen molar-refractivity contribution in [2.45, 2.75) is 26.3 Å². The van der Waals surface area contributed by atoms with Gasteiger partial charge in [0.1, 0.15) is 0 Å². The molecule has 1 aliphatic heterocycles. The van der Waals surface area contributed by atoms with Crippen molar-refractivity contribution in [1.29, 1.82) is 0 Å². The first-order chi connectivity index (χ1) is 14.1. The number of carbonyl (C=O) groups excluding carboxylic acids is 1. The number of methoxy groups -OCH3 is 1. The Balaban J connectivity index is 1.67. The van der Waals surface area contributed by atoms with Crippen LogP contribution in [0.2, 0.25) is 0 Å². The molecule has 0 aliphatic carbocycles. The summed E-state index contributed by atoms with van der Waals surface area (Å²) in [6, 6.07) is 14.0. The lowest BCUT2D eigenvalue weighted by Gasteiger charge is -2.24. The second-order valence-corrected chi connectivity index (χ2v) is 7.19. The summed E-state index contributed by atoms with van der Waals surface area (Å²) in [4.78, 5) is 16.8. The van der Waals surface area contributed by atoms with Crippen molar-refractivity contribution in [2.75, 3.05) is 38.8 Å². The lowest BCUT2D eigenvalue weighted by atomic mass is 10.1. The van der Waals surface area contributed by atoms with Crippen LogP contribution in [-0.4, -0.2) is 44.7 Å². The van der Waals surface area contributed by atoms with Gasteiger partial charge in [0, 0.05) is 38.4 Å². The molecule has 0 aromatic heterocycles. The number of nitrogens with zero attached hydrogens (tertiary/aromatic N) is 2. The summed E-state index contributed by atoms with van der Waals surface area (Å²) in [6.45, 7) is 5.28. The van der Waals surface area contributed by atoms with E-state index < -0.39 is 0 Å². The van der Waals surface area contributed by atoms with Crippen LogP contribution in [0.5, 0.6) is 11.5 Å². The summed E-state index contributed by atoms with van der Waals surface area (Å²) in [6.07, 6.45) is 5.88. The first-order valence-electron chi connectivity index (χ1n) is 10.2. The molecule has 5 nitrogen and oxygen atoms in total. The number of hydrogen-bond donors (Lipinski definition) is 0. The summed E-state index contributed by atoms with van der Waals surface area (Å²) in [7, 11) is 3.45. The van der Waals surface area contributed by atoms with Gasteiger partial charge in [-0.2, -0.15) is 0 Å². The minimum atomic E-state index is -0.0333. The molecule has 0 bridgehead atoms. The van der Waals surface area contributed by atoms with Crippen LogP contribution >= 0.6 is 0 Å². The van der Waals surface area contributed by atoms with Crippen molar-refractivity contribution in [1.82, 2.24) is 4.90 Å². The molecule has 1 amide bonds. The van der Waals surface area contributed by atoms with E-state index in [1.54, 1.807) is 18.1 Å². The van der Waals surface area contributed by atoms with Crippen LogP contribution in [0.15, 0.2) is 48.5 Å². The quantitative estimate of drug-likeness (QED) is 0.624. The normalized spacial score (nSPS) is 13.7. The highest BCUT2D eigenvalue weighted by molar-refractivity contribution is 5.91. The number of rotatable bonds is 8. The summed E-state index contributed by atoms with van der Waals surface area (Å²) in [5.74, 6) is 1.33. The zero-order valence-electron chi connectivity index (χ0n) is 17.6. The Morgan fingerprint density at radius 1 is 1.14 bits per heavy atom. The highest BCUT2D eigenvalue weighted by atomic mass is 16.5. The van der Waals surface area contributed by atoms with E-state index in [1.165, 1.54) is 24.1 Å². The monoisotopic (exact) mass is 394 g/mol. The summed E-state index contributed by atoms with van der Waals surface area (Å²) in [5.41, 5.74) is 3.32. The number of para-hydroxylation sites is 1. The van der Waals surface area contributed by atoms with Crippen molar-refractivity contribution in [3.63, 3.8) is 0 Å². The van der Waals surface area contributed by atoms with Crippen LogP contribution in [0.25, 0.3) is 6.08 Å².